The Morgan fingerprint density at radius 3 is 2.79 bits per heavy atom. The van der Waals surface area contributed by atoms with E-state index in [-0.39, 0.29) is 6.54 Å². The molecule has 29 heavy (non-hydrogen) atoms. The quantitative estimate of drug-likeness (QED) is 0.556. The van der Waals surface area contributed by atoms with Crippen LogP contribution in [0, 0.1) is 5.82 Å². The van der Waals surface area contributed by atoms with Gasteiger partial charge in [0.1, 0.15) is 24.0 Å². The molecule has 3 unspecified atom stereocenters. The smallest absolute Gasteiger partial charge is 0.133 e. The molecule has 154 valence electrons. The number of hydrogen-bond donors (Lipinski definition) is 3. The Morgan fingerprint density at radius 1 is 1.28 bits per heavy atom. The highest BCUT2D eigenvalue weighted by Crippen LogP contribution is 2.30. The summed E-state index contributed by atoms with van der Waals surface area (Å²) in [6.45, 7) is 1.44. The zero-order valence-electron chi connectivity index (χ0n) is 16.2. The van der Waals surface area contributed by atoms with Crippen molar-refractivity contribution in [2.75, 3.05) is 20.2 Å². The van der Waals surface area contributed by atoms with Crippen molar-refractivity contribution in [3.8, 4) is 5.75 Å². The Hall–Kier alpha value is -2.48. The van der Waals surface area contributed by atoms with Gasteiger partial charge in [0, 0.05) is 36.3 Å². The number of aliphatic hydroxyl groups is 1. The highest BCUT2D eigenvalue weighted by Gasteiger charge is 2.28. The highest BCUT2D eigenvalue weighted by molar-refractivity contribution is 5.85. The Kier molecular flexibility index (Phi) is 5.80. The third-order valence-corrected chi connectivity index (χ3v) is 5.47. The number of ether oxygens (including phenoxy) is 1. The van der Waals surface area contributed by atoms with Gasteiger partial charge in [-0.3, -0.25) is 5.32 Å². The van der Waals surface area contributed by atoms with Crippen molar-refractivity contribution in [1.29, 1.82) is 0 Å². The van der Waals surface area contributed by atoms with Crippen LogP contribution in [0.5, 0.6) is 5.75 Å². The first-order chi connectivity index (χ1) is 14.1. The number of fused-ring (bicyclic) bond motifs is 1. The van der Waals surface area contributed by atoms with E-state index in [1.807, 2.05) is 34.9 Å². The molecule has 2 aromatic carbocycles. The van der Waals surface area contributed by atoms with Crippen molar-refractivity contribution in [3.63, 3.8) is 0 Å². The predicted molar refractivity (Wildman–Crippen MR) is 108 cm³/mol. The third kappa shape index (κ3) is 4.12. The Morgan fingerprint density at radius 2 is 2.07 bits per heavy atom. The molecule has 0 saturated carbocycles. The fraction of sp³-hybridized carbons (Fsp3) is 0.364. The van der Waals surface area contributed by atoms with Crippen LogP contribution in [0.4, 0.5) is 8.78 Å². The van der Waals surface area contributed by atoms with Gasteiger partial charge in [-0.1, -0.05) is 18.2 Å². The molecule has 1 fully saturated rings. The number of aliphatic hydroxyl groups excluding tert-OH is 1. The lowest BCUT2D eigenvalue weighted by atomic mass is 10.0. The number of hydrogen-bond acceptors (Lipinski definition) is 4. The van der Waals surface area contributed by atoms with Gasteiger partial charge in [0.25, 0.3) is 0 Å². The first kappa shape index (κ1) is 19.8. The van der Waals surface area contributed by atoms with Crippen molar-refractivity contribution in [1.82, 2.24) is 15.2 Å². The number of halogens is 2. The van der Waals surface area contributed by atoms with Gasteiger partial charge in [0.2, 0.25) is 0 Å². The zero-order chi connectivity index (χ0) is 20.4. The second-order valence-electron chi connectivity index (χ2n) is 7.38. The molecule has 3 aromatic rings. The van der Waals surface area contributed by atoms with Gasteiger partial charge in [-0.05, 0) is 42.8 Å². The molecule has 0 amide bonds. The summed E-state index contributed by atoms with van der Waals surface area (Å²) >= 11 is 0. The molecular weight excluding hydrogens is 376 g/mol. The van der Waals surface area contributed by atoms with E-state index in [4.69, 9.17) is 4.74 Å². The maximum absolute atomic E-state index is 14.7. The topological polar surface area (TPSA) is 58.5 Å². The van der Waals surface area contributed by atoms with Gasteiger partial charge in [-0.15, -0.1) is 0 Å². The van der Waals surface area contributed by atoms with E-state index in [1.54, 1.807) is 19.4 Å². The molecule has 1 aliphatic heterocycles. The van der Waals surface area contributed by atoms with Crippen LogP contribution in [-0.4, -0.2) is 42.1 Å². The molecule has 5 nitrogen and oxygen atoms in total. The number of piperidine rings is 1. The summed E-state index contributed by atoms with van der Waals surface area (Å²) in [4.78, 5) is 0. The molecule has 4 rings (SSSR count). The van der Waals surface area contributed by atoms with Crippen LogP contribution in [0.1, 0.15) is 23.8 Å². The van der Waals surface area contributed by atoms with Crippen LogP contribution in [0.25, 0.3) is 10.9 Å². The van der Waals surface area contributed by atoms with Crippen molar-refractivity contribution < 1.29 is 18.6 Å². The minimum absolute atomic E-state index is 0.248. The molecule has 7 heteroatoms. The Balaban J connectivity index is 1.65. The lowest BCUT2D eigenvalue weighted by molar-refractivity contribution is 0.0880. The first-order valence-corrected chi connectivity index (χ1v) is 9.76. The molecule has 1 saturated heterocycles. The lowest BCUT2D eigenvalue weighted by Gasteiger charge is -2.29. The maximum atomic E-state index is 14.7. The molecule has 2 heterocycles. The fourth-order valence-corrected chi connectivity index (χ4v) is 3.91. The number of aromatic nitrogens is 1. The van der Waals surface area contributed by atoms with E-state index >= 15 is 0 Å². The molecule has 1 aliphatic rings. The van der Waals surface area contributed by atoms with Gasteiger partial charge in [0.15, 0.2) is 0 Å². The number of nitrogens with zero attached hydrogens (tertiary/aromatic N) is 1. The van der Waals surface area contributed by atoms with E-state index < -0.39 is 24.3 Å². The number of benzene rings is 2. The number of methoxy groups -OCH3 is 1. The van der Waals surface area contributed by atoms with Gasteiger partial charge >= 0.3 is 0 Å². The fourth-order valence-electron chi connectivity index (χ4n) is 3.91. The summed E-state index contributed by atoms with van der Waals surface area (Å²) in [6, 6.07) is 12.0. The summed E-state index contributed by atoms with van der Waals surface area (Å²) in [7, 11) is 1.61. The van der Waals surface area contributed by atoms with Crippen LogP contribution in [0.2, 0.25) is 0 Å². The Bertz CT molecular complexity index is 974. The molecule has 1 aromatic heterocycles. The standard InChI is InChI=1S/C22H25F2N3O2/c1-29-15-7-5-14(6-8-15)12-27-13-16(21-17(23)3-2-4-20(21)27)22(28)26-19-9-10-25-11-18(19)24/h2-8,13,18-19,22,25-26,28H,9-12H2,1H3. The van der Waals surface area contributed by atoms with Crippen molar-refractivity contribution >= 4 is 10.9 Å². The normalized spacial score (nSPS) is 20.7. The maximum Gasteiger partial charge on any atom is 0.133 e. The predicted octanol–water partition coefficient (Wildman–Crippen LogP) is 3.12. The molecule has 0 aliphatic carbocycles. The molecule has 3 N–H and O–H groups in total. The molecule has 0 radical (unpaired) electrons. The molecular formula is C22H25F2N3O2. The first-order valence-electron chi connectivity index (χ1n) is 9.76. The van der Waals surface area contributed by atoms with Crippen LogP contribution in [0.15, 0.2) is 48.7 Å². The SMILES string of the molecule is COc1ccc(Cn2cc(C(O)NC3CCNCC3F)c3c(F)cccc32)cc1. The molecule has 0 bridgehead atoms. The minimum atomic E-state index is -1.16. The summed E-state index contributed by atoms with van der Waals surface area (Å²) in [5.74, 6) is 0.356. The summed E-state index contributed by atoms with van der Waals surface area (Å²) < 4.78 is 35.9. The second kappa shape index (κ2) is 8.49. The summed E-state index contributed by atoms with van der Waals surface area (Å²) in [5.41, 5.74) is 2.11. The van der Waals surface area contributed by atoms with E-state index in [0.717, 1.165) is 11.3 Å². The molecule has 0 spiro atoms. The van der Waals surface area contributed by atoms with Crippen LogP contribution in [-0.2, 0) is 6.54 Å². The minimum Gasteiger partial charge on any atom is -0.497 e. The third-order valence-electron chi connectivity index (χ3n) is 5.47. The van der Waals surface area contributed by atoms with Crippen molar-refractivity contribution in [3.05, 3.63) is 65.6 Å². The van der Waals surface area contributed by atoms with Gasteiger partial charge in [0.05, 0.1) is 12.6 Å². The summed E-state index contributed by atoms with van der Waals surface area (Å²) in [6.07, 6.45) is 0.0403. The van der Waals surface area contributed by atoms with Crippen LogP contribution in [0.3, 0.4) is 0 Å². The average Bonchev–Trinajstić information content (AvgIpc) is 3.10. The highest BCUT2D eigenvalue weighted by atomic mass is 19.1. The largest absolute Gasteiger partial charge is 0.497 e. The van der Waals surface area contributed by atoms with Gasteiger partial charge < -0.3 is 19.7 Å². The van der Waals surface area contributed by atoms with Gasteiger partial charge in [-0.25, -0.2) is 8.78 Å². The second-order valence-corrected chi connectivity index (χ2v) is 7.38. The molecule has 3 atom stereocenters. The van der Waals surface area contributed by atoms with E-state index in [2.05, 4.69) is 10.6 Å². The van der Waals surface area contributed by atoms with Crippen molar-refractivity contribution in [2.24, 2.45) is 0 Å². The van der Waals surface area contributed by atoms with Gasteiger partial charge in [-0.2, -0.15) is 0 Å². The van der Waals surface area contributed by atoms with E-state index in [1.165, 1.54) is 6.07 Å². The zero-order valence-corrected chi connectivity index (χ0v) is 16.2. The average molecular weight is 401 g/mol. The Labute approximate surface area is 168 Å². The number of rotatable bonds is 6. The van der Waals surface area contributed by atoms with Crippen LogP contribution >= 0.6 is 0 Å². The lowest BCUT2D eigenvalue weighted by Crippen LogP contribution is -2.50. The monoisotopic (exact) mass is 401 g/mol. The summed E-state index contributed by atoms with van der Waals surface area (Å²) in [5, 5.41) is 17.0. The number of nitrogens with one attached hydrogen (secondary N) is 2. The van der Waals surface area contributed by atoms with E-state index in [0.29, 0.717) is 36.0 Å². The van der Waals surface area contributed by atoms with Crippen molar-refractivity contribution in [2.45, 2.75) is 31.4 Å². The van der Waals surface area contributed by atoms with Crippen LogP contribution < -0.4 is 15.4 Å². The van der Waals surface area contributed by atoms with E-state index in [9.17, 15) is 13.9 Å². The number of alkyl halides is 1.